The average Bonchev–Trinajstić information content (AvgIpc) is 2.81. The van der Waals surface area contributed by atoms with Gasteiger partial charge in [-0.2, -0.15) is 0 Å². The first-order chi connectivity index (χ1) is 10.6. The van der Waals surface area contributed by atoms with Gasteiger partial charge in [0, 0.05) is 21.6 Å². The number of nitrogens with zero attached hydrogens (tertiary/aromatic N) is 2. The van der Waals surface area contributed by atoms with Crippen molar-refractivity contribution in [2.75, 3.05) is 7.11 Å². The summed E-state index contributed by atoms with van der Waals surface area (Å²) in [6.07, 6.45) is 1.59. The normalized spacial score (nSPS) is 11.1. The third-order valence-electron chi connectivity index (χ3n) is 3.54. The van der Waals surface area contributed by atoms with Crippen LogP contribution in [-0.4, -0.2) is 17.1 Å². The molecule has 3 rings (SSSR count). The number of aromatic nitrogens is 2. The van der Waals surface area contributed by atoms with Crippen LogP contribution in [-0.2, 0) is 5.75 Å². The quantitative estimate of drug-likeness (QED) is 0.509. The van der Waals surface area contributed by atoms with E-state index in [0.717, 1.165) is 20.8 Å². The molecule has 0 spiro atoms. The zero-order valence-electron chi connectivity index (χ0n) is 12.5. The molecule has 6 heteroatoms. The molecule has 1 aromatic carbocycles. The summed E-state index contributed by atoms with van der Waals surface area (Å²) in [4.78, 5) is 11.0. The highest BCUT2D eigenvalue weighted by Crippen LogP contribution is 2.36. The van der Waals surface area contributed by atoms with Crippen LogP contribution in [0.2, 0.25) is 0 Å². The molecule has 0 aliphatic heterocycles. The number of thiophene rings is 1. The van der Waals surface area contributed by atoms with Crippen LogP contribution in [0.1, 0.15) is 16.0 Å². The van der Waals surface area contributed by atoms with E-state index in [1.807, 2.05) is 0 Å². The van der Waals surface area contributed by atoms with E-state index in [4.69, 9.17) is 4.74 Å². The van der Waals surface area contributed by atoms with Crippen molar-refractivity contribution in [1.82, 2.24) is 9.97 Å². The minimum atomic E-state index is -0.258. The van der Waals surface area contributed by atoms with Gasteiger partial charge in [0.05, 0.1) is 7.11 Å². The Morgan fingerprint density at radius 3 is 2.86 bits per heavy atom. The van der Waals surface area contributed by atoms with Gasteiger partial charge in [-0.1, -0.05) is 0 Å². The topological polar surface area (TPSA) is 35.0 Å². The van der Waals surface area contributed by atoms with E-state index in [1.54, 1.807) is 42.6 Å². The summed E-state index contributed by atoms with van der Waals surface area (Å²) in [7, 11) is 1.59. The first-order valence-electron chi connectivity index (χ1n) is 6.76. The number of halogens is 1. The van der Waals surface area contributed by atoms with Gasteiger partial charge in [0.1, 0.15) is 27.8 Å². The maximum atomic E-state index is 13.4. The van der Waals surface area contributed by atoms with Gasteiger partial charge >= 0.3 is 0 Å². The second kappa shape index (κ2) is 6.22. The van der Waals surface area contributed by atoms with Crippen LogP contribution in [0.3, 0.4) is 0 Å². The summed E-state index contributed by atoms with van der Waals surface area (Å²) in [6, 6.07) is 4.57. The number of hydrogen-bond acceptors (Lipinski definition) is 5. The molecule has 114 valence electrons. The second-order valence-corrected chi connectivity index (χ2v) is 7.05. The number of ether oxygens (including phenoxy) is 1. The lowest BCUT2D eigenvalue weighted by atomic mass is 10.2. The van der Waals surface area contributed by atoms with Crippen molar-refractivity contribution in [1.29, 1.82) is 0 Å². The van der Waals surface area contributed by atoms with Crippen molar-refractivity contribution in [2.45, 2.75) is 24.6 Å². The summed E-state index contributed by atoms with van der Waals surface area (Å²) in [6.45, 7) is 4.18. The molecule has 0 fully saturated rings. The Morgan fingerprint density at radius 1 is 1.27 bits per heavy atom. The Kier molecular flexibility index (Phi) is 4.31. The molecular weight excluding hydrogens is 319 g/mol. The predicted octanol–water partition coefficient (Wildman–Crippen LogP) is 4.75. The molecule has 0 radical (unpaired) electrons. The fourth-order valence-electron chi connectivity index (χ4n) is 2.27. The van der Waals surface area contributed by atoms with E-state index in [1.165, 1.54) is 22.6 Å². The van der Waals surface area contributed by atoms with Gasteiger partial charge in [0.2, 0.25) is 0 Å². The zero-order chi connectivity index (χ0) is 15.7. The van der Waals surface area contributed by atoms with Crippen molar-refractivity contribution in [3.05, 3.63) is 46.3 Å². The third kappa shape index (κ3) is 2.80. The molecule has 0 aliphatic rings. The Balaban J connectivity index is 1.93. The number of aryl methyl sites for hydroxylation is 2. The van der Waals surface area contributed by atoms with E-state index in [9.17, 15) is 4.39 Å². The summed E-state index contributed by atoms with van der Waals surface area (Å²) in [5.74, 6) is 1.03. The fourth-order valence-corrected chi connectivity index (χ4v) is 4.36. The van der Waals surface area contributed by atoms with E-state index < -0.39 is 0 Å². The first-order valence-corrected chi connectivity index (χ1v) is 8.56. The van der Waals surface area contributed by atoms with Crippen LogP contribution in [0, 0.1) is 19.7 Å². The van der Waals surface area contributed by atoms with E-state index in [2.05, 4.69) is 23.8 Å². The molecule has 22 heavy (non-hydrogen) atoms. The number of methoxy groups -OCH3 is 1. The maximum Gasteiger partial charge on any atom is 0.128 e. The highest BCUT2D eigenvalue weighted by atomic mass is 32.2. The molecule has 0 aliphatic carbocycles. The number of fused-ring (bicyclic) bond motifs is 1. The molecule has 0 atom stereocenters. The lowest BCUT2D eigenvalue weighted by Gasteiger charge is -2.08. The van der Waals surface area contributed by atoms with Gasteiger partial charge in [0.15, 0.2) is 0 Å². The third-order valence-corrected chi connectivity index (χ3v) is 5.69. The summed E-state index contributed by atoms with van der Waals surface area (Å²) in [5.41, 5.74) is 2.04. The van der Waals surface area contributed by atoms with Crippen molar-refractivity contribution in [3.63, 3.8) is 0 Å². The predicted molar refractivity (Wildman–Crippen MR) is 89.4 cm³/mol. The number of hydrogen-bond donors (Lipinski definition) is 0. The highest BCUT2D eigenvalue weighted by molar-refractivity contribution is 7.98. The van der Waals surface area contributed by atoms with E-state index in [0.29, 0.717) is 11.5 Å². The Bertz CT molecular complexity index is 832. The van der Waals surface area contributed by atoms with Crippen molar-refractivity contribution >= 4 is 33.3 Å². The van der Waals surface area contributed by atoms with E-state index >= 15 is 0 Å². The molecule has 2 aromatic heterocycles. The molecule has 0 amide bonds. The summed E-state index contributed by atoms with van der Waals surface area (Å²) < 4.78 is 18.7. The minimum Gasteiger partial charge on any atom is -0.496 e. The molecule has 0 N–H and O–H groups in total. The van der Waals surface area contributed by atoms with Crippen LogP contribution >= 0.6 is 23.1 Å². The van der Waals surface area contributed by atoms with Gasteiger partial charge in [-0.25, -0.2) is 14.4 Å². The molecule has 3 nitrogen and oxygen atoms in total. The van der Waals surface area contributed by atoms with Gasteiger partial charge < -0.3 is 4.74 Å². The minimum absolute atomic E-state index is 0.258. The lowest BCUT2D eigenvalue weighted by Crippen LogP contribution is -1.93. The molecule has 0 saturated heterocycles. The molecule has 2 heterocycles. The van der Waals surface area contributed by atoms with Gasteiger partial charge in [-0.15, -0.1) is 23.1 Å². The van der Waals surface area contributed by atoms with Crippen LogP contribution in [0.4, 0.5) is 4.39 Å². The number of rotatable bonds is 4. The van der Waals surface area contributed by atoms with Crippen molar-refractivity contribution < 1.29 is 9.13 Å². The zero-order valence-corrected chi connectivity index (χ0v) is 14.1. The van der Waals surface area contributed by atoms with Gasteiger partial charge in [-0.3, -0.25) is 0 Å². The SMILES string of the molecule is COc1ccc(F)cc1CSc1ncnc2sc(C)c(C)c12. The van der Waals surface area contributed by atoms with Crippen molar-refractivity contribution in [3.8, 4) is 5.75 Å². The Hall–Kier alpha value is -1.66. The maximum absolute atomic E-state index is 13.4. The van der Waals surface area contributed by atoms with E-state index in [-0.39, 0.29) is 5.82 Å². The standard InChI is InChI=1S/C16H15FN2OS2/c1-9-10(2)22-16-14(9)15(18-8-19-16)21-7-11-6-12(17)4-5-13(11)20-3/h4-6,8H,7H2,1-3H3. The molecular formula is C16H15FN2OS2. The van der Waals surface area contributed by atoms with Crippen LogP contribution in [0.5, 0.6) is 5.75 Å². The lowest BCUT2D eigenvalue weighted by molar-refractivity contribution is 0.410. The Labute approximate surface area is 136 Å². The summed E-state index contributed by atoms with van der Waals surface area (Å²) >= 11 is 3.25. The van der Waals surface area contributed by atoms with Gasteiger partial charge in [-0.05, 0) is 37.6 Å². The molecule has 3 aromatic rings. The highest BCUT2D eigenvalue weighted by Gasteiger charge is 2.13. The smallest absolute Gasteiger partial charge is 0.128 e. The number of thioether (sulfide) groups is 1. The number of benzene rings is 1. The van der Waals surface area contributed by atoms with Crippen LogP contribution in [0.15, 0.2) is 29.6 Å². The molecule has 0 saturated carbocycles. The first kappa shape index (κ1) is 15.2. The summed E-state index contributed by atoms with van der Waals surface area (Å²) in [5, 5.41) is 2.03. The molecule has 0 unspecified atom stereocenters. The Morgan fingerprint density at radius 2 is 2.09 bits per heavy atom. The van der Waals surface area contributed by atoms with Gasteiger partial charge in [0.25, 0.3) is 0 Å². The average molecular weight is 334 g/mol. The van der Waals surface area contributed by atoms with Crippen LogP contribution < -0.4 is 4.74 Å². The largest absolute Gasteiger partial charge is 0.496 e. The monoisotopic (exact) mass is 334 g/mol. The van der Waals surface area contributed by atoms with Crippen molar-refractivity contribution in [2.24, 2.45) is 0 Å². The molecule has 0 bridgehead atoms. The fraction of sp³-hybridized carbons (Fsp3) is 0.250. The van der Waals surface area contributed by atoms with Crippen LogP contribution in [0.25, 0.3) is 10.2 Å². The second-order valence-electron chi connectivity index (χ2n) is 4.89.